The number of pyridine rings is 1. The summed E-state index contributed by atoms with van der Waals surface area (Å²) in [6.45, 7) is 1.93. The third kappa shape index (κ3) is 6.17. The topological polar surface area (TPSA) is 113 Å². The summed E-state index contributed by atoms with van der Waals surface area (Å²) in [6, 6.07) is 11.1. The average molecular weight is 532 g/mol. The molecule has 1 aliphatic heterocycles. The zero-order chi connectivity index (χ0) is 25.8. The van der Waals surface area contributed by atoms with Crippen molar-refractivity contribution in [2.75, 3.05) is 25.0 Å². The molecule has 1 fully saturated rings. The summed E-state index contributed by atoms with van der Waals surface area (Å²) in [6.07, 6.45) is 1.52. The molecule has 1 aromatic carbocycles. The SMILES string of the molecule is CC(=O)N[C@H]1CN(CC(=O)Nc2ccc(-n3ccccc3=O)cc2F)CC1NC(=O)c1ccc(Cl)s1. The number of carbonyl (C=O) groups excluding carboxylic acids is 3. The van der Waals surface area contributed by atoms with Gasteiger partial charge in [-0.1, -0.05) is 17.7 Å². The van der Waals surface area contributed by atoms with Crippen molar-refractivity contribution in [3.8, 4) is 5.69 Å². The summed E-state index contributed by atoms with van der Waals surface area (Å²) in [7, 11) is 0. The van der Waals surface area contributed by atoms with Gasteiger partial charge in [0.2, 0.25) is 11.8 Å². The Morgan fingerprint density at radius 3 is 2.47 bits per heavy atom. The molecule has 1 aliphatic rings. The molecular formula is C24H23ClFN5O4S. The molecule has 188 valence electrons. The largest absolute Gasteiger partial charge is 0.350 e. The van der Waals surface area contributed by atoms with E-state index in [1.54, 1.807) is 29.2 Å². The number of amides is 3. The number of thiophene rings is 1. The summed E-state index contributed by atoms with van der Waals surface area (Å²) in [4.78, 5) is 51.0. The molecule has 0 saturated carbocycles. The molecule has 3 amide bonds. The number of anilines is 1. The van der Waals surface area contributed by atoms with Crippen LogP contribution in [0.15, 0.2) is 59.5 Å². The Kier molecular flexibility index (Phi) is 7.82. The summed E-state index contributed by atoms with van der Waals surface area (Å²) < 4.78 is 16.4. The first-order chi connectivity index (χ1) is 17.2. The van der Waals surface area contributed by atoms with E-state index in [2.05, 4.69) is 16.0 Å². The van der Waals surface area contributed by atoms with Crippen molar-refractivity contribution in [3.05, 3.63) is 80.1 Å². The maximum absolute atomic E-state index is 14.7. The predicted molar refractivity (Wildman–Crippen MR) is 135 cm³/mol. The van der Waals surface area contributed by atoms with Crippen LogP contribution in [0.25, 0.3) is 5.69 Å². The van der Waals surface area contributed by atoms with Crippen LogP contribution in [-0.2, 0) is 9.59 Å². The molecule has 1 saturated heterocycles. The van der Waals surface area contributed by atoms with Gasteiger partial charge < -0.3 is 16.0 Å². The van der Waals surface area contributed by atoms with Crippen molar-refractivity contribution < 1.29 is 18.8 Å². The fourth-order valence-electron chi connectivity index (χ4n) is 4.03. The Morgan fingerprint density at radius 2 is 1.83 bits per heavy atom. The first-order valence-corrected chi connectivity index (χ1v) is 12.2. The molecule has 36 heavy (non-hydrogen) atoms. The van der Waals surface area contributed by atoms with Crippen LogP contribution >= 0.6 is 22.9 Å². The molecule has 3 N–H and O–H groups in total. The van der Waals surface area contributed by atoms with Crippen LogP contribution in [0.4, 0.5) is 10.1 Å². The van der Waals surface area contributed by atoms with E-state index in [-0.39, 0.29) is 29.6 Å². The average Bonchev–Trinajstić information content (AvgIpc) is 3.41. The number of carbonyl (C=O) groups is 3. The van der Waals surface area contributed by atoms with Crippen molar-refractivity contribution in [2.45, 2.75) is 19.0 Å². The molecule has 2 aromatic heterocycles. The van der Waals surface area contributed by atoms with Crippen molar-refractivity contribution in [1.29, 1.82) is 0 Å². The standard InChI is InChI=1S/C24H23ClFN5O4S/c1-14(32)27-18-11-30(12-19(18)29-24(35)20-7-8-21(25)36-20)13-22(33)28-17-6-5-15(10-16(17)26)31-9-3-2-4-23(31)34/h2-10,18-19H,11-13H2,1H3,(H,27,32)(H,28,33)(H,29,35)/t18-,19?/m0/s1. The summed E-state index contributed by atoms with van der Waals surface area (Å²) in [5.74, 6) is -1.73. The zero-order valence-corrected chi connectivity index (χ0v) is 20.7. The van der Waals surface area contributed by atoms with Gasteiger partial charge in [0.05, 0.1) is 39.2 Å². The smallest absolute Gasteiger partial charge is 0.261 e. The number of benzene rings is 1. The summed E-state index contributed by atoms with van der Waals surface area (Å²) >= 11 is 7.05. The van der Waals surface area contributed by atoms with E-state index in [0.717, 1.165) is 11.3 Å². The number of hydrogen-bond acceptors (Lipinski definition) is 6. The number of likely N-dealkylation sites (tertiary alicyclic amines) is 1. The minimum atomic E-state index is -0.686. The first-order valence-electron chi connectivity index (χ1n) is 11.0. The Morgan fingerprint density at radius 1 is 1.08 bits per heavy atom. The Hall–Kier alpha value is -3.54. The lowest BCUT2D eigenvalue weighted by molar-refractivity contribution is -0.119. The monoisotopic (exact) mass is 531 g/mol. The minimum Gasteiger partial charge on any atom is -0.350 e. The van der Waals surface area contributed by atoms with Gasteiger partial charge in [-0.2, -0.15) is 0 Å². The number of nitrogens with zero attached hydrogens (tertiary/aromatic N) is 2. The number of rotatable bonds is 7. The number of nitrogens with one attached hydrogen (secondary N) is 3. The van der Waals surface area contributed by atoms with Gasteiger partial charge in [-0.05, 0) is 30.3 Å². The molecule has 0 spiro atoms. The normalized spacial score (nSPS) is 17.5. The van der Waals surface area contributed by atoms with E-state index >= 15 is 0 Å². The minimum absolute atomic E-state index is 0.0234. The van der Waals surface area contributed by atoms with Crippen molar-refractivity contribution in [2.24, 2.45) is 0 Å². The van der Waals surface area contributed by atoms with Gasteiger partial charge in [-0.15, -0.1) is 11.3 Å². The molecule has 0 radical (unpaired) electrons. The Labute approximate surface area is 214 Å². The van der Waals surface area contributed by atoms with Gasteiger partial charge in [-0.3, -0.25) is 28.6 Å². The van der Waals surface area contributed by atoms with Gasteiger partial charge in [-0.25, -0.2) is 4.39 Å². The molecule has 9 nitrogen and oxygen atoms in total. The fourth-order valence-corrected chi connectivity index (χ4v) is 4.98. The second-order valence-corrected chi connectivity index (χ2v) is 10.0. The molecule has 3 heterocycles. The number of halogens is 2. The summed E-state index contributed by atoms with van der Waals surface area (Å²) in [5.41, 5.74) is 0.00410. The van der Waals surface area contributed by atoms with E-state index in [1.807, 2.05) is 0 Å². The number of aromatic nitrogens is 1. The molecule has 12 heteroatoms. The van der Waals surface area contributed by atoms with Gasteiger partial charge in [0.15, 0.2) is 0 Å². The third-order valence-corrected chi connectivity index (χ3v) is 6.82. The quantitative estimate of drug-likeness (QED) is 0.433. The van der Waals surface area contributed by atoms with Crippen LogP contribution in [0, 0.1) is 5.82 Å². The van der Waals surface area contributed by atoms with Crippen molar-refractivity contribution in [1.82, 2.24) is 20.1 Å². The van der Waals surface area contributed by atoms with Gasteiger partial charge in [0.1, 0.15) is 5.82 Å². The van der Waals surface area contributed by atoms with E-state index < -0.39 is 23.8 Å². The maximum atomic E-state index is 14.7. The van der Waals surface area contributed by atoms with Crippen LogP contribution in [-0.4, -0.2) is 58.9 Å². The molecule has 4 rings (SSSR count). The van der Waals surface area contributed by atoms with Gasteiger partial charge in [0, 0.05) is 38.3 Å². The first kappa shape index (κ1) is 25.5. The van der Waals surface area contributed by atoms with E-state index in [4.69, 9.17) is 11.6 Å². The van der Waals surface area contributed by atoms with Gasteiger partial charge in [0.25, 0.3) is 11.5 Å². The van der Waals surface area contributed by atoms with Crippen LogP contribution in [0.5, 0.6) is 0 Å². The van der Waals surface area contributed by atoms with Crippen LogP contribution in [0.3, 0.4) is 0 Å². The second kappa shape index (κ2) is 11.0. The van der Waals surface area contributed by atoms with Gasteiger partial charge >= 0.3 is 0 Å². The zero-order valence-electron chi connectivity index (χ0n) is 19.2. The lowest BCUT2D eigenvalue weighted by Crippen LogP contribution is -2.50. The highest BCUT2D eigenvalue weighted by atomic mass is 35.5. The summed E-state index contributed by atoms with van der Waals surface area (Å²) in [5, 5.41) is 8.23. The Balaban J connectivity index is 1.39. The van der Waals surface area contributed by atoms with Crippen LogP contribution in [0.2, 0.25) is 4.34 Å². The molecular weight excluding hydrogens is 509 g/mol. The lowest BCUT2D eigenvalue weighted by Gasteiger charge is -2.20. The van der Waals surface area contributed by atoms with Crippen LogP contribution < -0.4 is 21.5 Å². The molecule has 0 bridgehead atoms. The second-order valence-electron chi connectivity index (χ2n) is 8.31. The molecule has 2 atom stereocenters. The van der Waals surface area contributed by atoms with E-state index in [9.17, 15) is 23.6 Å². The van der Waals surface area contributed by atoms with Crippen molar-refractivity contribution in [3.63, 3.8) is 0 Å². The van der Waals surface area contributed by atoms with E-state index in [1.165, 1.54) is 42.0 Å². The predicted octanol–water partition coefficient (Wildman–Crippen LogP) is 2.25. The van der Waals surface area contributed by atoms with Crippen molar-refractivity contribution >= 4 is 46.3 Å². The molecule has 1 unspecified atom stereocenters. The third-order valence-electron chi connectivity index (χ3n) is 5.59. The van der Waals surface area contributed by atoms with Crippen LogP contribution in [0.1, 0.15) is 16.6 Å². The maximum Gasteiger partial charge on any atom is 0.261 e. The molecule has 0 aliphatic carbocycles. The van der Waals surface area contributed by atoms with E-state index in [0.29, 0.717) is 28.0 Å². The highest BCUT2D eigenvalue weighted by molar-refractivity contribution is 7.18. The Bertz CT molecular complexity index is 1360. The lowest BCUT2D eigenvalue weighted by atomic mass is 10.1. The highest BCUT2D eigenvalue weighted by Gasteiger charge is 2.35. The fraction of sp³-hybridized carbons (Fsp3) is 0.250. The highest BCUT2D eigenvalue weighted by Crippen LogP contribution is 2.22. The molecule has 3 aromatic rings. The number of hydrogen-bond donors (Lipinski definition) is 3.